The topological polar surface area (TPSA) is 66.9 Å². The molecule has 0 bridgehead atoms. The lowest BCUT2D eigenvalue weighted by Gasteiger charge is -2.11. The zero-order valence-electron chi connectivity index (χ0n) is 10.9. The van der Waals surface area contributed by atoms with Crippen molar-refractivity contribution in [1.29, 1.82) is 0 Å². The summed E-state index contributed by atoms with van der Waals surface area (Å²) in [4.78, 5) is 12.2. The molecule has 2 rings (SSSR count). The van der Waals surface area contributed by atoms with Crippen molar-refractivity contribution >= 4 is 28.1 Å². The first-order chi connectivity index (χ1) is 9.20. The predicted molar refractivity (Wildman–Crippen MR) is 77.8 cm³/mol. The van der Waals surface area contributed by atoms with Crippen LogP contribution in [0, 0.1) is 6.92 Å². The smallest absolute Gasteiger partial charge is 0.259 e. The third-order valence-electron chi connectivity index (χ3n) is 2.57. The van der Waals surface area contributed by atoms with Crippen LogP contribution in [0.3, 0.4) is 0 Å². The van der Waals surface area contributed by atoms with E-state index >= 15 is 0 Å². The van der Waals surface area contributed by atoms with E-state index in [1.54, 1.807) is 5.51 Å². The lowest BCUT2D eigenvalue weighted by molar-refractivity contribution is 0.102. The molecule has 5 nitrogen and oxygen atoms in total. The summed E-state index contributed by atoms with van der Waals surface area (Å²) in [7, 11) is 0. The second kappa shape index (κ2) is 6.29. The fourth-order valence-electron chi connectivity index (χ4n) is 1.65. The molecule has 100 valence electrons. The van der Waals surface area contributed by atoms with Gasteiger partial charge in [-0.3, -0.25) is 10.1 Å². The van der Waals surface area contributed by atoms with E-state index in [4.69, 9.17) is 0 Å². The highest BCUT2D eigenvalue weighted by atomic mass is 32.1. The molecule has 19 heavy (non-hydrogen) atoms. The molecule has 1 aromatic heterocycles. The van der Waals surface area contributed by atoms with Crippen LogP contribution in [0.4, 0.5) is 10.8 Å². The maximum atomic E-state index is 12.2. The summed E-state index contributed by atoms with van der Waals surface area (Å²) >= 11 is 1.30. The molecule has 0 fully saturated rings. The number of hydrogen-bond acceptors (Lipinski definition) is 5. The Hall–Kier alpha value is -1.95. The average Bonchev–Trinajstić information content (AvgIpc) is 2.89. The Morgan fingerprint density at radius 2 is 2.26 bits per heavy atom. The molecule has 0 saturated carbocycles. The van der Waals surface area contributed by atoms with Crippen molar-refractivity contribution < 1.29 is 4.79 Å². The summed E-state index contributed by atoms with van der Waals surface area (Å²) in [5, 5.41) is 14.0. The first-order valence-electron chi connectivity index (χ1n) is 6.12. The normalized spacial score (nSPS) is 10.2. The van der Waals surface area contributed by atoms with Gasteiger partial charge in [0.1, 0.15) is 5.51 Å². The van der Waals surface area contributed by atoms with Crippen LogP contribution >= 0.6 is 11.3 Å². The van der Waals surface area contributed by atoms with Crippen LogP contribution in [0.5, 0.6) is 0 Å². The maximum Gasteiger partial charge on any atom is 0.259 e. The van der Waals surface area contributed by atoms with Crippen molar-refractivity contribution in [2.75, 3.05) is 17.2 Å². The number of nitrogens with zero attached hydrogens (tertiary/aromatic N) is 2. The van der Waals surface area contributed by atoms with Crippen molar-refractivity contribution in [3.8, 4) is 0 Å². The zero-order valence-corrected chi connectivity index (χ0v) is 11.8. The number of carbonyl (C=O) groups is 1. The van der Waals surface area contributed by atoms with E-state index in [0.717, 1.165) is 24.2 Å². The molecule has 1 heterocycles. The fourth-order valence-corrected chi connectivity index (χ4v) is 2.09. The monoisotopic (exact) mass is 276 g/mol. The molecule has 0 saturated heterocycles. The first-order valence-corrected chi connectivity index (χ1v) is 7.00. The van der Waals surface area contributed by atoms with Gasteiger partial charge in [-0.2, -0.15) is 0 Å². The second-order valence-electron chi connectivity index (χ2n) is 4.17. The number of rotatable bonds is 5. The van der Waals surface area contributed by atoms with Gasteiger partial charge in [0.15, 0.2) is 0 Å². The van der Waals surface area contributed by atoms with E-state index < -0.39 is 0 Å². The minimum atomic E-state index is -0.171. The van der Waals surface area contributed by atoms with E-state index in [9.17, 15) is 4.79 Å². The quantitative estimate of drug-likeness (QED) is 0.881. The van der Waals surface area contributed by atoms with Gasteiger partial charge in [-0.15, -0.1) is 10.2 Å². The number of amides is 1. The van der Waals surface area contributed by atoms with Crippen LogP contribution in [-0.2, 0) is 0 Å². The molecule has 2 N–H and O–H groups in total. The molecule has 1 amide bonds. The van der Waals surface area contributed by atoms with Crippen LogP contribution in [0.1, 0.15) is 29.3 Å². The summed E-state index contributed by atoms with van der Waals surface area (Å²) in [6, 6.07) is 5.72. The molecule has 0 radical (unpaired) electrons. The van der Waals surface area contributed by atoms with Crippen LogP contribution in [0.25, 0.3) is 0 Å². The molecular formula is C13H16N4OS. The van der Waals surface area contributed by atoms with Gasteiger partial charge in [-0.1, -0.05) is 24.3 Å². The molecule has 0 atom stereocenters. The number of hydrogen-bond donors (Lipinski definition) is 2. The minimum absolute atomic E-state index is 0.171. The molecular weight excluding hydrogens is 260 g/mol. The van der Waals surface area contributed by atoms with Crippen molar-refractivity contribution in [2.24, 2.45) is 0 Å². The molecule has 0 aliphatic carbocycles. The Morgan fingerprint density at radius 1 is 1.42 bits per heavy atom. The largest absolute Gasteiger partial charge is 0.384 e. The highest BCUT2D eigenvalue weighted by Gasteiger charge is 2.12. The lowest BCUT2D eigenvalue weighted by Crippen LogP contribution is -2.15. The summed E-state index contributed by atoms with van der Waals surface area (Å²) in [5.41, 5.74) is 4.17. The lowest BCUT2D eigenvalue weighted by atomic mass is 10.1. The van der Waals surface area contributed by atoms with Gasteiger partial charge in [0.25, 0.3) is 5.91 Å². The Morgan fingerprint density at radius 3 is 2.95 bits per heavy atom. The van der Waals surface area contributed by atoms with E-state index in [1.165, 1.54) is 11.3 Å². The maximum absolute atomic E-state index is 12.2. The third kappa shape index (κ3) is 3.51. The van der Waals surface area contributed by atoms with Gasteiger partial charge in [-0.25, -0.2) is 0 Å². The molecule has 2 aromatic rings. The van der Waals surface area contributed by atoms with Crippen molar-refractivity contribution in [3.05, 3.63) is 34.8 Å². The van der Waals surface area contributed by atoms with Gasteiger partial charge >= 0.3 is 0 Å². The van der Waals surface area contributed by atoms with E-state index in [0.29, 0.717) is 10.7 Å². The SMILES string of the molecule is CCCNc1cc(C)ccc1C(=O)Nc1nncs1. The Labute approximate surface area is 116 Å². The Bertz CT molecular complexity index is 554. The average molecular weight is 276 g/mol. The molecule has 0 aliphatic heterocycles. The molecule has 0 aliphatic rings. The van der Waals surface area contributed by atoms with Crippen molar-refractivity contribution in [3.63, 3.8) is 0 Å². The van der Waals surface area contributed by atoms with Gasteiger partial charge in [-0.05, 0) is 31.0 Å². The highest BCUT2D eigenvalue weighted by Crippen LogP contribution is 2.20. The number of aryl methyl sites for hydroxylation is 1. The second-order valence-corrected chi connectivity index (χ2v) is 5.01. The number of nitrogens with one attached hydrogen (secondary N) is 2. The zero-order chi connectivity index (χ0) is 13.7. The molecule has 1 aromatic carbocycles. The number of carbonyl (C=O) groups excluding carboxylic acids is 1. The van der Waals surface area contributed by atoms with Gasteiger partial charge in [0.2, 0.25) is 5.13 Å². The number of benzene rings is 1. The summed E-state index contributed by atoms with van der Waals surface area (Å²) in [6.07, 6.45) is 1.01. The van der Waals surface area contributed by atoms with E-state index in [-0.39, 0.29) is 5.91 Å². The van der Waals surface area contributed by atoms with Crippen molar-refractivity contribution in [1.82, 2.24) is 10.2 Å². The molecule has 0 spiro atoms. The Balaban J connectivity index is 2.20. The first kappa shape index (κ1) is 13.5. The highest BCUT2D eigenvalue weighted by molar-refractivity contribution is 7.13. The summed E-state index contributed by atoms with van der Waals surface area (Å²) in [5.74, 6) is -0.171. The van der Waals surface area contributed by atoms with Gasteiger partial charge < -0.3 is 5.32 Å². The molecule has 6 heteroatoms. The Kier molecular flexibility index (Phi) is 4.46. The van der Waals surface area contributed by atoms with E-state index in [1.807, 2.05) is 25.1 Å². The predicted octanol–water partition coefficient (Wildman–Crippen LogP) is 2.92. The third-order valence-corrected chi connectivity index (χ3v) is 3.17. The fraction of sp³-hybridized carbons (Fsp3) is 0.308. The van der Waals surface area contributed by atoms with Crippen LogP contribution in [0.2, 0.25) is 0 Å². The number of anilines is 2. The molecule has 0 unspecified atom stereocenters. The standard InChI is InChI=1S/C13H16N4OS/c1-3-6-14-11-7-9(2)4-5-10(11)12(18)16-13-17-15-8-19-13/h4-5,7-8,14H,3,6H2,1-2H3,(H,16,17,18). The van der Waals surface area contributed by atoms with Crippen molar-refractivity contribution in [2.45, 2.75) is 20.3 Å². The summed E-state index contributed by atoms with van der Waals surface area (Å²) < 4.78 is 0. The van der Waals surface area contributed by atoms with Crippen LogP contribution in [-0.4, -0.2) is 22.6 Å². The van der Waals surface area contributed by atoms with E-state index in [2.05, 4.69) is 27.8 Å². The minimum Gasteiger partial charge on any atom is -0.384 e. The summed E-state index contributed by atoms with van der Waals surface area (Å²) in [6.45, 7) is 4.93. The van der Waals surface area contributed by atoms with Crippen LogP contribution < -0.4 is 10.6 Å². The van der Waals surface area contributed by atoms with Gasteiger partial charge in [0.05, 0.1) is 5.56 Å². The number of aromatic nitrogens is 2. The van der Waals surface area contributed by atoms with Crippen LogP contribution in [0.15, 0.2) is 23.7 Å². The van der Waals surface area contributed by atoms with Gasteiger partial charge in [0, 0.05) is 12.2 Å².